The first kappa shape index (κ1) is 33.8. The summed E-state index contributed by atoms with van der Waals surface area (Å²) >= 11 is 0. The Morgan fingerprint density at radius 3 is 2.51 bits per heavy atom. The summed E-state index contributed by atoms with van der Waals surface area (Å²) in [7, 11) is 0. The van der Waals surface area contributed by atoms with Gasteiger partial charge in [-0.15, -0.1) is 0 Å². The smallest absolute Gasteiger partial charge is 0.417 e. The van der Waals surface area contributed by atoms with Crippen molar-refractivity contribution in [1.82, 2.24) is 25.2 Å². The second-order valence-corrected chi connectivity index (χ2v) is 13.4. The van der Waals surface area contributed by atoms with E-state index in [9.17, 15) is 17.6 Å². The van der Waals surface area contributed by atoms with Gasteiger partial charge in [0.25, 0.3) is 5.92 Å². The van der Waals surface area contributed by atoms with E-state index in [0.29, 0.717) is 38.7 Å². The van der Waals surface area contributed by atoms with E-state index in [1.807, 2.05) is 4.90 Å². The summed E-state index contributed by atoms with van der Waals surface area (Å²) in [5.74, 6) is -7.02. The molecule has 0 amide bonds. The topological polar surface area (TPSA) is 120 Å². The number of aromatic nitrogens is 3. The minimum Gasteiger partial charge on any atom is -0.474 e. The molecule has 3 fully saturated rings. The van der Waals surface area contributed by atoms with Crippen LogP contribution >= 0.6 is 0 Å². The number of nitrogens with one attached hydrogen (secondary N) is 2. The number of pyridine rings is 1. The molecule has 3 aliphatic heterocycles. The molecular weight excluding hydrogens is 663 g/mol. The summed E-state index contributed by atoms with van der Waals surface area (Å²) in [6.07, 6.45) is -4.44. The Kier molecular flexibility index (Phi) is 8.25. The highest BCUT2D eigenvalue weighted by atomic mass is 19.4. The summed E-state index contributed by atoms with van der Waals surface area (Å²) < 4.78 is 123. The van der Waals surface area contributed by atoms with Gasteiger partial charge in [-0.05, 0) is 44.9 Å². The molecule has 4 aliphatic rings. The number of rotatable bonds is 6. The van der Waals surface area contributed by atoms with E-state index < -0.39 is 87.4 Å². The molecule has 7 rings (SSSR count). The first-order chi connectivity index (χ1) is 23.1. The van der Waals surface area contributed by atoms with Gasteiger partial charge in [-0.25, -0.2) is 22.5 Å². The van der Waals surface area contributed by atoms with Crippen LogP contribution in [-0.2, 0) is 10.9 Å². The van der Waals surface area contributed by atoms with Gasteiger partial charge in [0.1, 0.15) is 34.8 Å². The SMILES string of the molecule is Cc1c(F)c(N)cc(-c2nc3c4c(nc(OC[C@@]5(CN6C[C@H]7C[C@@H]6CO7)[C@@H](C)C5(F)F)nc4c2F)NCCNCC[C@H](C)O3)c1C(F)(F)F. The number of anilines is 2. The van der Waals surface area contributed by atoms with E-state index >= 15 is 13.2 Å². The van der Waals surface area contributed by atoms with Crippen molar-refractivity contribution < 1.29 is 44.9 Å². The number of benzene rings is 1. The molecule has 5 heterocycles. The van der Waals surface area contributed by atoms with Crippen molar-refractivity contribution in [2.24, 2.45) is 11.3 Å². The number of nitrogens with zero attached hydrogens (tertiary/aromatic N) is 4. The molecule has 3 aromatic rings. The second-order valence-electron chi connectivity index (χ2n) is 13.4. The van der Waals surface area contributed by atoms with Gasteiger partial charge < -0.3 is 30.6 Å². The number of fused-ring (bicyclic) bond motifs is 2. The first-order valence-electron chi connectivity index (χ1n) is 16.2. The summed E-state index contributed by atoms with van der Waals surface area (Å²) in [5.41, 5.74) is -1.00. The molecule has 2 bridgehead atoms. The number of halogens is 7. The molecule has 1 aromatic carbocycles. The summed E-state index contributed by atoms with van der Waals surface area (Å²) in [6, 6.07) is 0.224. The standard InChI is InChI=1S/C32H36F7N7O3/c1-14-4-5-41-6-7-42-27-21-26(24(34)25(43-28(21)49-14)19-9-20(40)23(33)15(2)22(19)32(37,38)39)44-29(45-27)48-13-30(16(3)31(30,35)36)12-46-10-18-8-17(46)11-47-18/h9,14,16-18,41H,4-8,10-13,40H2,1-3H3,(H,42,44,45)/t14-,16+,17+,18+,30-/m0/s1. The largest absolute Gasteiger partial charge is 0.474 e. The zero-order chi connectivity index (χ0) is 35.0. The molecule has 17 heteroatoms. The maximum atomic E-state index is 16.7. The summed E-state index contributed by atoms with van der Waals surface area (Å²) in [5, 5.41) is 6.16. The molecule has 1 saturated carbocycles. The highest BCUT2D eigenvalue weighted by molar-refractivity contribution is 5.96. The van der Waals surface area contributed by atoms with Crippen LogP contribution in [0.3, 0.4) is 0 Å². The fourth-order valence-electron chi connectivity index (χ4n) is 7.34. The van der Waals surface area contributed by atoms with Gasteiger partial charge in [0.2, 0.25) is 5.88 Å². The van der Waals surface area contributed by atoms with Gasteiger partial charge in [0, 0.05) is 43.7 Å². The zero-order valence-corrected chi connectivity index (χ0v) is 27.0. The minimum absolute atomic E-state index is 0.00310. The maximum Gasteiger partial charge on any atom is 0.417 e. The van der Waals surface area contributed by atoms with E-state index in [-0.39, 0.29) is 42.3 Å². The fraction of sp³-hybridized carbons (Fsp3) is 0.594. The van der Waals surface area contributed by atoms with Gasteiger partial charge in [-0.1, -0.05) is 6.92 Å². The Hall–Kier alpha value is -3.70. The summed E-state index contributed by atoms with van der Waals surface area (Å²) in [4.78, 5) is 14.8. The van der Waals surface area contributed by atoms with E-state index in [2.05, 4.69) is 25.6 Å². The highest BCUT2D eigenvalue weighted by Gasteiger charge is 2.79. The van der Waals surface area contributed by atoms with Crippen LogP contribution < -0.4 is 25.8 Å². The molecule has 1 aliphatic carbocycles. The molecule has 0 radical (unpaired) electrons. The molecule has 4 N–H and O–H groups in total. The Morgan fingerprint density at radius 1 is 1.10 bits per heavy atom. The lowest BCUT2D eigenvalue weighted by atomic mass is 9.96. The van der Waals surface area contributed by atoms with Crippen molar-refractivity contribution in [1.29, 1.82) is 0 Å². The predicted octanol–water partition coefficient (Wildman–Crippen LogP) is 5.18. The number of likely N-dealkylation sites (tertiary alicyclic amines) is 1. The third-order valence-electron chi connectivity index (χ3n) is 10.3. The number of ether oxygens (including phenoxy) is 3. The van der Waals surface area contributed by atoms with E-state index in [0.717, 1.165) is 13.3 Å². The molecule has 49 heavy (non-hydrogen) atoms. The van der Waals surface area contributed by atoms with Crippen molar-refractivity contribution in [3.63, 3.8) is 0 Å². The molecule has 5 atom stereocenters. The Morgan fingerprint density at radius 2 is 1.86 bits per heavy atom. The van der Waals surface area contributed by atoms with Gasteiger partial charge in [-0.3, -0.25) is 4.90 Å². The van der Waals surface area contributed by atoms with Crippen LogP contribution in [0.25, 0.3) is 22.2 Å². The normalized spacial score (nSPS) is 28.2. The third-order valence-corrected chi connectivity index (χ3v) is 10.3. The molecular formula is C32H36F7N7O3. The number of nitrogens with two attached hydrogens (primary N) is 1. The second kappa shape index (κ2) is 12.0. The average molecular weight is 700 g/mol. The molecule has 0 spiro atoms. The van der Waals surface area contributed by atoms with Crippen LogP contribution in [0.1, 0.15) is 37.8 Å². The molecule has 266 valence electrons. The monoisotopic (exact) mass is 699 g/mol. The van der Waals surface area contributed by atoms with Crippen LogP contribution in [-0.4, -0.2) is 90.0 Å². The molecule has 2 aromatic heterocycles. The Balaban J connectivity index is 1.35. The van der Waals surface area contributed by atoms with Crippen LogP contribution in [0.2, 0.25) is 0 Å². The maximum absolute atomic E-state index is 16.7. The lowest BCUT2D eigenvalue weighted by molar-refractivity contribution is -0.137. The number of morpholine rings is 1. The van der Waals surface area contributed by atoms with Crippen molar-refractivity contribution >= 4 is 22.4 Å². The van der Waals surface area contributed by atoms with Gasteiger partial charge >= 0.3 is 12.2 Å². The minimum atomic E-state index is -5.12. The van der Waals surface area contributed by atoms with Crippen molar-refractivity contribution in [3.8, 4) is 23.1 Å². The molecule has 10 nitrogen and oxygen atoms in total. The average Bonchev–Trinajstić information content (AvgIpc) is 3.45. The zero-order valence-electron chi connectivity index (χ0n) is 27.0. The van der Waals surface area contributed by atoms with E-state index in [1.165, 1.54) is 6.92 Å². The number of alkyl halides is 5. The van der Waals surface area contributed by atoms with Crippen molar-refractivity contribution in [3.05, 3.63) is 28.8 Å². The number of hydrogen-bond acceptors (Lipinski definition) is 10. The van der Waals surface area contributed by atoms with Crippen molar-refractivity contribution in [2.45, 2.75) is 64.0 Å². The Bertz CT molecular complexity index is 1790. The van der Waals surface area contributed by atoms with Crippen LogP contribution in [0, 0.1) is 29.9 Å². The molecule has 2 saturated heterocycles. The predicted molar refractivity (Wildman–Crippen MR) is 165 cm³/mol. The summed E-state index contributed by atoms with van der Waals surface area (Å²) in [6.45, 7) is 5.80. The first-order valence-corrected chi connectivity index (χ1v) is 16.2. The highest BCUT2D eigenvalue weighted by Crippen LogP contribution is 2.66. The Labute approximate surface area is 276 Å². The van der Waals surface area contributed by atoms with Crippen molar-refractivity contribution in [2.75, 3.05) is 57.0 Å². The van der Waals surface area contributed by atoms with Crippen LogP contribution in [0.4, 0.5) is 42.2 Å². The van der Waals surface area contributed by atoms with Gasteiger partial charge in [0.15, 0.2) is 5.82 Å². The lowest BCUT2D eigenvalue weighted by Crippen LogP contribution is -2.44. The van der Waals surface area contributed by atoms with Crippen LogP contribution in [0.15, 0.2) is 6.07 Å². The van der Waals surface area contributed by atoms with Crippen LogP contribution in [0.5, 0.6) is 11.9 Å². The lowest BCUT2D eigenvalue weighted by Gasteiger charge is -2.31. The van der Waals surface area contributed by atoms with E-state index in [1.54, 1.807) is 6.92 Å². The molecule has 0 unspecified atom stereocenters. The third kappa shape index (κ3) is 5.66. The van der Waals surface area contributed by atoms with E-state index in [4.69, 9.17) is 19.9 Å². The number of hydrogen-bond donors (Lipinski definition) is 3. The quantitative estimate of drug-likeness (QED) is 0.235. The fourth-order valence-corrected chi connectivity index (χ4v) is 7.34. The van der Waals surface area contributed by atoms with Gasteiger partial charge in [0.05, 0.1) is 35.5 Å². The number of nitrogen functional groups attached to an aromatic ring is 1. The van der Waals surface area contributed by atoms with Gasteiger partial charge in [-0.2, -0.15) is 23.1 Å².